The molecule has 2 aromatic rings. The number of hydrogen-bond acceptors (Lipinski definition) is 4. The third-order valence-electron chi connectivity index (χ3n) is 5.94. The van der Waals surface area contributed by atoms with Crippen LogP contribution in [0, 0.1) is 10.8 Å². The number of nitrogens with one attached hydrogen (secondary N) is 2. The van der Waals surface area contributed by atoms with Crippen molar-refractivity contribution in [1.82, 2.24) is 25.1 Å². The summed E-state index contributed by atoms with van der Waals surface area (Å²) in [5, 5.41) is 5.52. The molecule has 8 heteroatoms. The number of imidazole rings is 1. The van der Waals surface area contributed by atoms with E-state index in [1.165, 1.54) is 0 Å². The molecule has 1 unspecified atom stereocenters. The molecule has 2 N–H and O–H groups in total. The molecule has 1 aliphatic rings. The summed E-state index contributed by atoms with van der Waals surface area (Å²) in [7, 11) is 1.55. The Morgan fingerprint density at radius 1 is 1.03 bits per heavy atom. The predicted molar refractivity (Wildman–Crippen MR) is 132 cm³/mol. The first-order valence-electron chi connectivity index (χ1n) is 11.8. The molecular weight excluding hydrogens is 430 g/mol. The summed E-state index contributed by atoms with van der Waals surface area (Å²) < 4.78 is 2.02. The summed E-state index contributed by atoms with van der Waals surface area (Å²) in [6.45, 7) is 13.2. The number of carbonyl (C=O) groups excluding carboxylic acids is 3. The standard InChI is InChI=1S/C26H37N5O3/c1-25(2,3)15-19(32)30-13-14-31-18(16-30)20(28-22(31)17-11-9-8-10-12-17)23(33)29-21(24(34)27-7)26(4,5)6/h8-12,21H,13-16H2,1-7H3,(H,27,34)(H,29,33). The van der Waals surface area contributed by atoms with E-state index >= 15 is 0 Å². The number of amides is 3. The van der Waals surface area contributed by atoms with E-state index in [4.69, 9.17) is 4.98 Å². The van der Waals surface area contributed by atoms with Crippen molar-refractivity contribution in [3.05, 3.63) is 41.7 Å². The summed E-state index contributed by atoms with van der Waals surface area (Å²) in [5.74, 6) is 0.0696. The van der Waals surface area contributed by atoms with Crippen LogP contribution in [-0.2, 0) is 22.7 Å². The van der Waals surface area contributed by atoms with Crippen LogP contribution in [0.15, 0.2) is 30.3 Å². The Morgan fingerprint density at radius 2 is 1.68 bits per heavy atom. The van der Waals surface area contributed by atoms with Crippen molar-refractivity contribution in [1.29, 1.82) is 0 Å². The Morgan fingerprint density at radius 3 is 2.24 bits per heavy atom. The van der Waals surface area contributed by atoms with Gasteiger partial charge in [-0.05, 0) is 10.8 Å². The topological polar surface area (TPSA) is 96.3 Å². The maximum atomic E-state index is 13.5. The van der Waals surface area contributed by atoms with Crippen LogP contribution in [0.4, 0.5) is 0 Å². The highest BCUT2D eigenvalue weighted by Crippen LogP contribution is 2.29. The minimum atomic E-state index is -0.732. The van der Waals surface area contributed by atoms with Crippen molar-refractivity contribution < 1.29 is 14.4 Å². The smallest absolute Gasteiger partial charge is 0.272 e. The Balaban J connectivity index is 2.00. The van der Waals surface area contributed by atoms with Gasteiger partial charge < -0.3 is 20.1 Å². The van der Waals surface area contributed by atoms with E-state index < -0.39 is 17.4 Å². The fourth-order valence-corrected chi connectivity index (χ4v) is 4.16. The third-order valence-corrected chi connectivity index (χ3v) is 5.94. The number of rotatable bonds is 5. The molecule has 3 rings (SSSR count). The van der Waals surface area contributed by atoms with Crippen LogP contribution in [0.3, 0.4) is 0 Å². The average Bonchev–Trinajstić information content (AvgIpc) is 3.14. The van der Waals surface area contributed by atoms with Crippen molar-refractivity contribution >= 4 is 17.7 Å². The lowest BCUT2D eigenvalue weighted by atomic mass is 9.86. The number of likely N-dealkylation sites (N-methyl/N-ethyl adjacent to an activating group) is 1. The SMILES string of the molecule is CNC(=O)C(NC(=O)c1nc(-c2ccccc2)n2c1CN(C(=O)CC(C)(C)C)CC2)C(C)(C)C. The highest BCUT2D eigenvalue weighted by molar-refractivity contribution is 5.98. The minimum Gasteiger partial charge on any atom is -0.357 e. The maximum absolute atomic E-state index is 13.5. The van der Waals surface area contributed by atoms with Gasteiger partial charge in [0.1, 0.15) is 11.9 Å². The number of hydrogen-bond donors (Lipinski definition) is 2. The van der Waals surface area contributed by atoms with Crippen LogP contribution >= 0.6 is 0 Å². The molecule has 184 valence electrons. The van der Waals surface area contributed by atoms with Gasteiger partial charge in [0.25, 0.3) is 5.91 Å². The zero-order valence-electron chi connectivity index (χ0n) is 21.4. The molecule has 0 aliphatic carbocycles. The van der Waals surface area contributed by atoms with Crippen LogP contribution in [0.2, 0.25) is 0 Å². The molecular formula is C26H37N5O3. The van der Waals surface area contributed by atoms with Gasteiger partial charge in [0.15, 0.2) is 5.69 Å². The first-order chi connectivity index (χ1) is 15.8. The first-order valence-corrected chi connectivity index (χ1v) is 11.8. The molecule has 1 aromatic carbocycles. The van der Waals surface area contributed by atoms with Gasteiger partial charge in [0.2, 0.25) is 11.8 Å². The maximum Gasteiger partial charge on any atom is 0.272 e. The molecule has 34 heavy (non-hydrogen) atoms. The van der Waals surface area contributed by atoms with Gasteiger partial charge in [-0.1, -0.05) is 71.9 Å². The summed E-state index contributed by atoms with van der Waals surface area (Å²) in [4.78, 5) is 45.5. The van der Waals surface area contributed by atoms with Crippen molar-refractivity contribution in [3.8, 4) is 11.4 Å². The van der Waals surface area contributed by atoms with E-state index in [0.29, 0.717) is 37.6 Å². The van der Waals surface area contributed by atoms with Crippen LogP contribution in [0.25, 0.3) is 11.4 Å². The van der Waals surface area contributed by atoms with Crippen LogP contribution in [0.1, 0.15) is 64.1 Å². The monoisotopic (exact) mass is 467 g/mol. The van der Waals surface area contributed by atoms with E-state index in [2.05, 4.69) is 10.6 Å². The van der Waals surface area contributed by atoms with Gasteiger partial charge in [0.05, 0.1) is 12.2 Å². The van der Waals surface area contributed by atoms with Gasteiger partial charge >= 0.3 is 0 Å². The van der Waals surface area contributed by atoms with Gasteiger partial charge in [-0.2, -0.15) is 0 Å². The quantitative estimate of drug-likeness (QED) is 0.706. The molecule has 0 saturated carbocycles. The summed E-state index contributed by atoms with van der Waals surface area (Å²) in [6, 6.07) is 8.97. The lowest BCUT2D eigenvalue weighted by Gasteiger charge is -2.32. The average molecular weight is 468 g/mol. The second kappa shape index (κ2) is 9.60. The number of aromatic nitrogens is 2. The second-order valence-corrected chi connectivity index (χ2v) is 11.2. The largest absolute Gasteiger partial charge is 0.357 e. The summed E-state index contributed by atoms with van der Waals surface area (Å²) in [6.07, 6.45) is 0.428. The molecule has 0 fully saturated rings. The molecule has 0 saturated heterocycles. The lowest BCUT2D eigenvalue weighted by Crippen LogP contribution is -2.53. The highest BCUT2D eigenvalue weighted by atomic mass is 16.2. The number of fused-ring (bicyclic) bond motifs is 1. The number of benzene rings is 1. The molecule has 1 atom stereocenters. The van der Waals surface area contributed by atoms with E-state index in [1.807, 2.05) is 76.4 Å². The molecule has 0 radical (unpaired) electrons. The Kier molecular flexibility index (Phi) is 7.19. The third kappa shape index (κ3) is 5.66. The molecule has 3 amide bonds. The molecule has 0 bridgehead atoms. The van der Waals surface area contributed by atoms with Gasteiger partial charge in [-0.3, -0.25) is 14.4 Å². The molecule has 8 nitrogen and oxygen atoms in total. The van der Waals surface area contributed by atoms with Gasteiger partial charge in [-0.15, -0.1) is 0 Å². The fourth-order valence-electron chi connectivity index (χ4n) is 4.16. The Bertz CT molecular complexity index is 1060. The molecule has 2 heterocycles. The molecule has 1 aliphatic heterocycles. The van der Waals surface area contributed by atoms with Crippen molar-refractivity contribution in [3.63, 3.8) is 0 Å². The fraction of sp³-hybridized carbons (Fsp3) is 0.538. The molecule has 0 spiro atoms. The zero-order chi connectivity index (χ0) is 25.3. The Hall–Kier alpha value is -3.16. The van der Waals surface area contributed by atoms with Crippen molar-refractivity contribution in [2.75, 3.05) is 13.6 Å². The number of carbonyl (C=O) groups is 3. The van der Waals surface area contributed by atoms with Gasteiger partial charge in [-0.25, -0.2) is 4.98 Å². The summed E-state index contributed by atoms with van der Waals surface area (Å²) in [5.41, 5.74) is 1.22. The Labute approximate surface area is 202 Å². The van der Waals surface area contributed by atoms with Crippen molar-refractivity contribution in [2.45, 2.75) is 67.1 Å². The van der Waals surface area contributed by atoms with Crippen LogP contribution < -0.4 is 10.6 Å². The lowest BCUT2D eigenvalue weighted by molar-refractivity contribution is -0.134. The number of nitrogens with zero attached hydrogens (tertiary/aromatic N) is 3. The van der Waals surface area contributed by atoms with Crippen LogP contribution in [-0.4, -0.2) is 51.8 Å². The van der Waals surface area contributed by atoms with E-state index in [9.17, 15) is 14.4 Å². The van der Waals surface area contributed by atoms with E-state index in [1.54, 1.807) is 11.9 Å². The second-order valence-electron chi connectivity index (χ2n) is 11.2. The predicted octanol–water partition coefficient (Wildman–Crippen LogP) is 3.22. The summed E-state index contributed by atoms with van der Waals surface area (Å²) >= 11 is 0. The highest BCUT2D eigenvalue weighted by Gasteiger charge is 2.36. The van der Waals surface area contributed by atoms with E-state index in [0.717, 1.165) is 5.56 Å². The zero-order valence-corrected chi connectivity index (χ0v) is 21.4. The minimum absolute atomic E-state index is 0.0606. The normalized spacial score (nSPS) is 14.9. The molecule has 1 aromatic heterocycles. The van der Waals surface area contributed by atoms with E-state index in [-0.39, 0.29) is 22.9 Å². The van der Waals surface area contributed by atoms with Crippen LogP contribution in [0.5, 0.6) is 0 Å². The van der Waals surface area contributed by atoms with Crippen molar-refractivity contribution in [2.24, 2.45) is 10.8 Å². The first kappa shape index (κ1) is 25.5. The van der Waals surface area contributed by atoms with Gasteiger partial charge in [0, 0.05) is 32.1 Å².